The minimum atomic E-state index is 0. The molecule has 0 fully saturated rings. The van der Waals surface area contributed by atoms with Gasteiger partial charge in [-0.2, -0.15) is 5.10 Å². The number of aliphatic imine (C=N–C) groups is 1. The van der Waals surface area contributed by atoms with Gasteiger partial charge in [-0.25, -0.2) is 0 Å². The van der Waals surface area contributed by atoms with Crippen LogP contribution in [0.25, 0.3) is 0 Å². The van der Waals surface area contributed by atoms with Crippen molar-refractivity contribution in [1.29, 1.82) is 0 Å². The molecule has 2 rings (SSSR count). The summed E-state index contributed by atoms with van der Waals surface area (Å²) in [6.45, 7) is 2.84. The van der Waals surface area contributed by atoms with Gasteiger partial charge in [-0.3, -0.25) is 9.67 Å². The maximum atomic E-state index is 5.90. The fraction of sp³-hybridized carbons (Fsp3) is 0.375. The minimum absolute atomic E-state index is 0. The normalized spacial score (nSPS) is 11.1. The molecule has 1 aromatic heterocycles. The van der Waals surface area contributed by atoms with Crippen LogP contribution in [0, 0.1) is 0 Å². The van der Waals surface area contributed by atoms with Crippen LogP contribution in [0.5, 0.6) is 0 Å². The molecular weight excluding hydrogens is 389 g/mol. The van der Waals surface area contributed by atoms with Crippen molar-refractivity contribution < 1.29 is 0 Å². The van der Waals surface area contributed by atoms with Gasteiger partial charge < -0.3 is 11.1 Å². The van der Waals surface area contributed by atoms with E-state index in [0.717, 1.165) is 24.9 Å². The van der Waals surface area contributed by atoms with Gasteiger partial charge in [-0.05, 0) is 42.5 Å². The highest BCUT2D eigenvalue weighted by atomic mass is 127. The lowest BCUT2D eigenvalue weighted by atomic mass is 10.1. The van der Waals surface area contributed by atoms with E-state index in [4.69, 9.17) is 5.73 Å². The molecule has 6 heteroatoms. The summed E-state index contributed by atoms with van der Waals surface area (Å²) in [6.07, 6.45) is 6.86. The Morgan fingerprint density at radius 3 is 2.86 bits per heavy atom. The summed E-state index contributed by atoms with van der Waals surface area (Å²) in [5.41, 5.74) is 9.41. The summed E-state index contributed by atoms with van der Waals surface area (Å²) in [7, 11) is 1.92. The fourth-order valence-corrected chi connectivity index (χ4v) is 2.14. The first-order valence-corrected chi connectivity index (χ1v) is 7.31. The van der Waals surface area contributed by atoms with Gasteiger partial charge >= 0.3 is 0 Å². The van der Waals surface area contributed by atoms with Crippen LogP contribution in [0.3, 0.4) is 0 Å². The highest BCUT2D eigenvalue weighted by Crippen LogP contribution is 2.10. The van der Waals surface area contributed by atoms with Gasteiger partial charge in [0, 0.05) is 25.5 Å². The Hall–Kier alpha value is -1.57. The minimum Gasteiger partial charge on any atom is -0.370 e. The third-order valence-electron chi connectivity index (χ3n) is 3.27. The van der Waals surface area contributed by atoms with E-state index >= 15 is 0 Å². The lowest BCUT2D eigenvalue weighted by Crippen LogP contribution is -2.22. The highest BCUT2D eigenvalue weighted by Gasteiger charge is 1.98. The molecule has 1 aromatic carbocycles. The Balaban J connectivity index is 0.00000242. The van der Waals surface area contributed by atoms with Crippen molar-refractivity contribution in [3.63, 3.8) is 0 Å². The molecule has 0 aliphatic heterocycles. The summed E-state index contributed by atoms with van der Waals surface area (Å²) in [5, 5.41) is 7.28. The SMILES string of the molecule is CCc1cccc(NC(N)=NCCCc2cnn(C)c2)c1.I. The number of hydrogen-bond donors (Lipinski definition) is 2. The number of rotatable bonds is 6. The first-order chi connectivity index (χ1) is 10.2. The van der Waals surface area contributed by atoms with Gasteiger partial charge in [0.05, 0.1) is 6.20 Å². The summed E-state index contributed by atoms with van der Waals surface area (Å²) in [6, 6.07) is 8.22. The second-order valence-electron chi connectivity index (χ2n) is 5.07. The van der Waals surface area contributed by atoms with Crippen LogP contribution in [0.2, 0.25) is 0 Å². The first kappa shape index (κ1) is 18.5. The number of benzene rings is 1. The zero-order valence-electron chi connectivity index (χ0n) is 13.1. The quantitative estimate of drug-likeness (QED) is 0.331. The molecule has 0 aliphatic rings. The van der Waals surface area contributed by atoms with Crippen LogP contribution in [0.15, 0.2) is 41.7 Å². The molecule has 0 aliphatic carbocycles. The van der Waals surface area contributed by atoms with E-state index in [-0.39, 0.29) is 24.0 Å². The van der Waals surface area contributed by atoms with Gasteiger partial charge in [-0.15, -0.1) is 24.0 Å². The number of nitrogens with zero attached hydrogens (tertiary/aromatic N) is 3. The Bertz CT molecular complexity index is 606. The molecule has 0 unspecified atom stereocenters. The molecule has 3 N–H and O–H groups in total. The van der Waals surface area contributed by atoms with Crippen LogP contribution in [0.1, 0.15) is 24.5 Å². The second kappa shape index (κ2) is 9.45. The van der Waals surface area contributed by atoms with Gasteiger partial charge in [0.25, 0.3) is 0 Å². The van der Waals surface area contributed by atoms with Crippen molar-refractivity contribution in [2.24, 2.45) is 17.8 Å². The van der Waals surface area contributed by atoms with Crippen molar-refractivity contribution >= 4 is 35.6 Å². The van der Waals surface area contributed by atoms with E-state index in [1.807, 2.05) is 36.3 Å². The number of aryl methyl sites for hydroxylation is 3. The molecule has 22 heavy (non-hydrogen) atoms. The van der Waals surface area contributed by atoms with Crippen LogP contribution in [0.4, 0.5) is 5.69 Å². The number of aromatic nitrogens is 2. The van der Waals surface area contributed by atoms with Crippen molar-refractivity contribution in [3.8, 4) is 0 Å². The van der Waals surface area contributed by atoms with Crippen molar-refractivity contribution in [2.45, 2.75) is 26.2 Å². The van der Waals surface area contributed by atoms with E-state index in [1.165, 1.54) is 11.1 Å². The van der Waals surface area contributed by atoms with Crippen molar-refractivity contribution in [2.75, 3.05) is 11.9 Å². The zero-order valence-corrected chi connectivity index (χ0v) is 15.5. The molecule has 0 amide bonds. The number of hydrogen-bond acceptors (Lipinski definition) is 2. The van der Waals surface area contributed by atoms with Crippen molar-refractivity contribution in [1.82, 2.24) is 9.78 Å². The van der Waals surface area contributed by atoms with Gasteiger partial charge in [0.2, 0.25) is 0 Å². The first-order valence-electron chi connectivity index (χ1n) is 7.31. The predicted molar refractivity (Wildman–Crippen MR) is 103 cm³/mol. The predicted octanol–water partition coefficient (Wildman–Crippen LogP) is 2.96. The molecule has 0 radical (unpaired) electrons. The molecule has 0 saturated heterocycles. The summed E-state index contributed by atoms with van der Waals surface area (Å²) in [5.74, 6) is 0.467. The third-order valence-corrected chi connectivity index (χ3v) is 3.27. The van der Waals surface area contributed by atoms with E-state index in [2.05, 4.69) is 34.5 Å². The summed E-state index contributed by atoms with van der Waals surface area (Å²) >= 11 is 0. The van der Waals surface area contributed by atoms with Gasteiger partial charge in [0.15, 0.2) is 5.96 Å². The van der Waals surface area contributed by atoms with Crippen LogP contribution in [-0.2, 0) is 19.9 Å². The second-order valence-corrected chi connectivity index (χ2v) is 5.07. The highest BCUT2D eigenvalue weighted by molar-refractivity contribution is 14.0. The van der Waals surface area contributed by atoms with Gasteiger partial charge in [-0.1, -0.05) is 19.1 Å². The number of nitrogens with one attached hydrogen (secondary N) is 1. The van der Waals surface area contributed by atoms with E-state index in [9.17, 15) is 0 Å². The maximum absolute atomic E-state index is 5.90. The molecule has 120 valence electrons. The molecule has 0 atom stereocenters. The molecule has 0 spiro atoms. The van der Waals surface area contributed by atoms with Crippen LogP contribution < -0.4 is 11.1 Å². The molecule has 5 nitrogen and oxygen atoms in total. The third kappa shape index (κ3) is 6.05. The molecule has 1 heterocycles. The summed E-state index contributed by atoms with van der Waals surface area (Å²) < 4.78 is 1.81. The Morgan fingerprint density at radius 1 is 1.36 bits per heavy atom. The average molecular weight is 413 g/mol. The summed E-state index contributed by atoms with van der Waals surface area (Å²) in [4.78, 5) is 4.35. The lowest BCUT2D eigenvalue weighted by molar-refractivity contribution is 0.765. The number of halogens is 1. The van der Waals surface area contributed by atoms with E-state index in [0.29, 0.717) is 12.5 Å². The fourth-order valence-electron chi connectivity index (χ4n) is 2.14. The molecule has 0 bridgehead atoms. The standard InChI is InChI=1S/C16H23N5.HI/c1-3-13-6-4-8-15(10-13)20-16(17)18-9-5-7-14-11-19-21(2)12-14;/h4,6,8,10-12H,3,5,7,9H2,1-2H3,(H3,17,18,20);1H. The topological polar surface area (TPSA) is 68.2 Å². The van der Waals surface area contributed by atoms with E-state index < -0.39 is 0 Å². The monoisotopic (exact) mass is 413 g/mol. The Labute approximate surface area is 149 Å². The van der Waals surface area contributed by atoms with Crippen LogP contribution in [-0.4, -0.2) is 22.3 Å². The Morgan fingerprint density at radius 2 is 2.18 bits per heavy atom. The lowest BCUT2D eigenvalue weighted by Gasteiger charge is -2.07. The van der Waals surface area contributed by atoms with E-state index in [1.54, 1.807) is 0 Å². The smallest absolute Gasteiger partial charge is 0.193 e. The zero-order chi connectivity index (χ0) is 15.1. The Kier molecular flexibility index (Phi) is 7.94. The molecular formula is C16H24IN5. The number of nitrogens with two attached hydrogens (primary N) is 1. The van der Waals surface area contributed by atoms with Gasteiger partial charge in [0.1, 0.15) is 0 Å². The van der Waals surface area contributed by atoms with Crippen LogP contribution >= 0.6 is 24.0 Å². The average Bonchev–Trinajstić information content (AvgIpc) is 2.89. The molecule has 2 aromatic rings. The number of guanidine groups is 1. The van der Waals surface area contributed by atoms with Crippen molar-refractivity contribution in [3.05, 3.63) is 47.8 Å². The molecule has 0 saturated carbocycles. The maximum Gasteiger partial charge on any atom is 0.193 e. The largest absolute Gasteiger partial charge is 0.370 e. The number of anilines is 1.